The van der Waals surface area contributed by atoms with E-state index in [1.807, 2.05) is 60.7 Å². The van der Waals surface area contributed by atoms with Crippen molar-refractivity contribution in [3.63, 3.8) is 0 Å². The monoisotopic (exact) mass is 1800 g/mol. The fourth-order valence-electron chi connectivity index (χ4n) is 7.53. The number of halogens is 3. The number of alkyl halides is 1. The van der Waals surface area contributed by atoms with Gasteiger partial charge in [0, 0.05) is 137 Å². The molecule has 0 aromatic carbocycles. The van der Waals surface area contributed by atoms with Crippen molar-refractivity contribution in [2.75, 3.05) is 45.0 Å². The van der Waals surface area contributed by atoms with Crippen LogP contribution in [0.25, 0.3) is 0 Å². The molecule has 6 heterocycles. The van der Waals surface area contributed by atoms with Gasteiger partial charge in [-0.3, -0.25) is 14.6 Å². The number of carbonyl (C=O) groups excluding carboxylic acids is 1. The van der Waals surface area contributed by atoms with Gasteiger partial charge in [0.25, 0.3) is 6.47 Å². The molecular weight excluding hydrogens is 1680 g/mol. The quantitative estimate of drug-likeness (QED) is 0.00740. The molecule has 17 nitrogen and oxygen atoms in total. The largest absolute Gasteiger partial charge is 1.00 e. The Balaban J connectivity index is -0.000000236. The second-order valence-electron chi connectivity index (χ2n) is 25.7. The minimum Gasteiger partial charge on any atom is -1.00 e. The van der Waals surface area contributed by atoms with Crippen molar-refractivity contribution in [2.45, 2.75) is 242 Å². The molecule has 0 saturated carbocycles. The van der Waals surface area contributed by atoms with Crippen molar-refractivity contribution in [1.29, 1.82) is 10.5 Å². The van der Waals surface area contributed by atoms with Crippen molar-refractivity contribution < 1.29 is 143 Å². The molecule has 0 saturated heterocycles. The zero-order chi connectivity index (χ0) is 82.1. The van der Waals surface area contributed by atoms with E-state index in [1.165, 1.54) is 128 Å². The molecule has 0 aliphatic heterocycles. The zero-order valence-corrected chi connectivity index (χ0v) is 82.8. The molecule has 24 heteroatoms. The van der Waals surface area contributed by atoms with Gasteiger partial charge in [0.2, 0.25) is 29.1 Å². The summed E-state index contributed by atoms with van der Waals surface area (Å²) in [4.78, 5) is 45.4. The normalized spacial score (nSPS) is 9.24. The number of nitriles is 2. The molecular formula is C87H125Br3K2N8O9Si2. The van der Waals surface area contributed by atoms with Gasteiger partial charge in [-0.2, -0.15) is 10.5 Å². The van der Waals surface area contributed by atoms with E-state index >= 15 is 0 Å². The van der Waals surface area contributed by atoms with Gasteiger partial charge in [-0.15, -0.1) is 23.9 Å². The van der Waals surface area contributed by atoms with Crippen molar-refractivity contribution in [2.24, 2.45) is 0 Å². The average Bonchev–Trinajstić information content (AvgIpc) is 0.930. The Labute approximate surface area is 783 Å². The van der Waals surface area contributed by atoms with Crippen LogP contribution in [0.4, 0.5) is 0 Å². The van der Waals surface area contributed by atoms with E-state index in [4.69, 9.17) is 57.1 Å². The molecule has 6 aromatic heterocycles. The molecule has 111 heavy (non-hydrogen) atoms. The predicted molar refractivity (Wildman–Crippen MR) is 464 cm³/mol. The SMILES string of the molecule is C#C[Si](C)(C)C.C#Cc1ccc(OCCCCCC)nc1.CC#N.CC#N.CCCCCCBr.CCCCCCOc1ccc(Br)cn1.CCCCCCOc1ccc(C#CC#Cc2ccc(CCCOCCC)nc2)cn1.CCCCCCOc1ccc(C#C[Si](C)(C)C)cn1.O=CO[O-].O=c1ccc(Br)c[nH]1.[H-].[K+].[K+]. The molecule has 0 bridgehead atoms. The standard InChI is InChI=1S/C26H32N2O2.C16H25NOSi.C13H17NO.C11H16BrNO.C6H13Br.C5H4BrNO.C5H10Si.2C2H3N.CH2O3.2K.H/c1-3-5-6-9-20-30-26-17-15-24(22-28-26)12-8-7-11-23-14-16-25(27-21-23)13-10-19-29-18-4-2;1-5-6-7-8-12-18-16-10-9-15(14-17-16)11-13-19(2,3)4;1-3-5-6-7-10-15-13-9-8-12(4-2)11-14-13;1-2-3-4-5-8-14-11-7-6-10(12)9-13-11;1-2-3-4-5-6-7;6-4-1-2-5(8)7-3-4;1-5-6(2,3)4;2*1-2-3;2-1-4-3;;;/h14-17,21-22H,3-6,9-10,13,18-20H2,1-2H3;9-10,14H,5-8,12H2,1-4H3;2,8-9,11H,3,5-7,10H2,1H3;6-7,9H,2-5,8H2,1H3;2-6H2,1H3;1-3H,(H,7,8);1H,2-4H3;2*1H3;1,3H;;;/q;;;;;;;;;;2*+1;-1/p-1. The Hall–Kier alpha value is -4.78. The Morgan fingerprint density at radius 3 is 1.13 bits per heavy atom. The first kappa shape index (κ1) is 117. The molecule has 6 aromatic rings. The van der Waals surface area contributed by atoms with Crippen LogP contribution in [-0.2, 0) is 20.8 Å². The first-order valence-corrected chi connectivity index (χ1v) is 47.5. The average molecular weight is 1800 g/mol. The number of unbranched alkanes of at least 4 members (excludes halogenated alkanes) is 15. The maximum absolute atomic E-state index is 10.3. The van der Waals surface area contributed by atoms with Crippen LogP contribution in [0.5, 0.6) is 23.5 Å². The molecule has 598 valence electrons. The molecule has 0 fully saturated rings. The molecule has 0 unspecified atom stereocenters. The minimum absolute atomic E-state index is 0. The number of rotatable bonds is 35. The van der Waals surface area contributed by atoms with Gasteiger partial charge < -0.3 is 40.2 Å². The summed E-state index contributed by atoms with van der Waals surface area (Å²) in [6.45, 7) is 33.6. The fourth-order valence-corrected chi connectivity index (χ4v) is 8.92. The Kier molecular flexibility index (Phi) is 92.4. The van der Waals surface area contributed by atoms with Gasteiger partial charge in [0.05, 0.1) is 38.6 Å². The first-order chi connectivity index (χ1) is 52.5. The summed E-state index contributed by atoms with van der Waals surface area (Å²) in [6.07, 6.45) is 48.4. The van der Waals surface area contributed by atoms with Crippen molar-refractivity contribution >= 4 is 70.4 Å². The third-order valence-corrected chi connectivity index (χ3v) is 16.5. The first-order valence-electron chi connectivity index (χ1n) is 37.8. The van der Waals surface area contributed by atoms with Crippen LogP contribution >= 0.6 is 47.8 Å². The number of hydrogen-bond donors (Lipinski definition) is 1. The van der Waals surface area contributed by atoms with Crippen LogP contribution in [0.3, 0.4) is 0 Å². The van der Waals surface area contributed by atoms with Gasteiger partial charge in [0.1, 0.15) is 16.1 Å². The summed E-state index contributed by atoms with van der Waals surface area (Å²) < 4.78 is 29.5. The number of hydrogen-bond acceptors (Lipinski definition) is 16. The number of nitrogens with one attached hydrogen (secondary N) is 1. The van der Waals surface area contributed by atoms with E-state index in [0.29, 0.717) is 30.1 Å². The van der Waals surface area contributed by atoms with Gasteiger partial charge in [-0.05, 0) is 138 Å². The molecule has 0 aliphatic carbocycles. The molecule has 6 rings (SSSR count). The number of ether oxygens (including phenoxy) is 5. The van der Waals surface area contributed by atoms with E-state index < -0.39 is 16.1 Å². The summed E-state index contributed by atoms with van der Waals surface area (Å²) in [5.41, 5.74) is 10.5. The van der Waals surface area contributed by atoms with E-state index in [1.54, 1.807) is 55.4 Å². The summed E-state index contributed by atoms with van der Waals surface area (Å²) in [5.74, 6) is 20.2. The number of terminal acetylenes is 2. The number of aromatic amines is 1. The third-order valence-electron chi connectivity index (χ3n) is 13.2. The van der Waals surface area contributed by atoms with Gasteiger partial charge in [-0.25, -0.2) is 19.9 Å². The smallest absolute Gasteiger partial charge is 1.00 e. The van der Waals surface area contributed by atoms with Crippen LogP contribution in [0.2, 0.25) is 39.3 Å². The van der Waals surface area contributed by atoms with Crippen LogP contribution < -0.4 is 133 Å². The number of carbonyl (C=O) groups is 1. The van der Waals surface area contributed by atoms with Gasteiger partial charge in [-0.1, -0.05) is 217 Å². The summed E-state index contributed by atoms with van der Waals surface area (Å²) >= 11 is 9.88. The fraction of sp³-hybridized carbons (Fsp3) is 0.506. The second-order valence-corrected chi connectivity index (χ2v) is 37.8. The van der Waals surface area contributed by atoms with Crippen molar-refractivity contribution in [1.82, 2.24) is 29.9 Å². The van der Waals surface area contributed by atoms with Crippen molar-refractivity contribution in [3.8, 4) is 95.1 Å². The molecule has 1 N–H and O–H groups in total. The van der Waals surface area contributed by atoms with E-state index in [0.717, 1.165) is 115 Å². The van der Waals surface area contributed by atoms with E-state index in [-0.39, 0.29) is 116 Å². The molecule has 0 atom stereocenters. The van der Waals surface area contributed by atoms with Gasteiger partial charge >= 0.3 is 103 Å². The number of aromatic nitrogens is 6. The number of H-pyrrole nitrogens is 1. The summed E-state index contributed by atoms with van der Waals surface area (Å²) in [7, 11) is -2.41. The summed E-state index contributed by atoms with van der Waals surface area (Å²) in [5, 5.41) is 24.2. The van der Waals surface area contributed by atoms with E-state index in [2.05, 4.69) is 210 Å². The maximum atomic E-state index is 10.3. The third kappa shape index (κ3) is 87.5. The number of pyridine rings is 6. The second kappa shape index (κ2) is 87.6. The Morgan fingerprint density at radius 1 is 0.477 bits per heavy atom. The number of aryl methyl sites for hydroxylation is 1. The van der Waals surface area contributed by atoms with E-state index in [9.17, 15) is 4.79 Å². The minimum atomic E-state index is -1.31. The van der Waals surface area contributed by atoms with Crippen LogP contribution in [-0.4, -0.2) is 97.5 Å². The maximum Gasteiger partial charge on any atom is 1.00 e. The zero-order valence-electron chi connectivity index (χ0n) is 70.8. The Morgan fingerprint density at radius 2 is 0.838 bits per heavy atom. The molecule has 0 amide bonds. The molecule has 0 aliphatic rings. The molecule has 0 radical (unpaired) electrons. The van der Waals surface area contributed by atoms with Crippen LogP contribution in [0.15, 0.2) is 124 Å². The molecule has 0 spiro atoms. The summed E-state index contributed by atoms with van der Waals surface area (Å²) in [6, 6.07) is 25.8. The Bertz CT molecular complexity index is 3470. The van der Waals surface area contributed by atoms with Crippen molar-refractivity contribution in [3.05, 3.63) is 157 Å². The number of nitrogens with zero attached hydrogens (tertiary/aromatic N) is 7. The van der Waals surface area contributed by atoms with Gasteiger partial charge in [0.15, 0.2) is 0 Å². The predicted octanol–water partition coefficient (Wildman–Crippen LogP) is 15.5. The van der Waals surface area contributed by atoms with Crippen LogP contribution in [0.1, 0.15) is 226 Å². The van der Waals surface area contributed by atoms with Crippen LogP contribution in [0, 0.1) is 82.1 Å². The topological polar surface area (TPSA) is 240 Å².